The Kier molecular flexibility index (Phi) is 3.44. The molecule has 0 aliphatic heterocycles. The first kappa shape index (κ1) is 13.1. The van der Waals surface area contributed by atoms with Crippen molar-refractivity contribution in [2.45, 2.75) is 37.8 Å². The number of hydrogen-bond acceptors (Lipinski definition) is 4. The van der Waals surface area contributed by atoms with Crippen LogP contribution in [0.15, 0.2) is 29.3 Å². The molecule has 0 saturated heterocycles. The molecule has 1 heterocycles. The number of hydrogen-bond donors (Lipinski definition) is 1. The van der Waals surface area contributed by atoms with Crippen LogP contribution in [0.25, 0.3) is 10.9 Å². The minimum absolute atomic E-state index is 0.111. The number of fused-ring (bicyclic) bond motifs is 1. The minimum atomic E-state index is -0.466. The molecular weight excluding hydrogens is 256 g/mol. The van der Waals surface area contributed by atoms with Crippen LogP contribution in [-0.2, 0) is 0 Å². The van der Waals surface area contributed by atoms with Gasteiger partial charge >= 0.3 is 0 Å². The highest BCUT2D eigenvalue weighted by molar-refractivity contribution is 5.83. The third kappa shape index (κ3) is 2.08. The number of nitrogens with zero attached hydrogens (tertiary/aromatic N) is 2. The molecule has 2 aromatic rings. The van der Waals surface area contributed by atoms with E-state index in [4.69, 9.17) is 4.74 Å². The second-order valence-electron chi connectivity index (χ2n) is 5.23. The number of ether oxygens (including phenoxy) is 1. The van der Waals surface area contributed by atoms with Crippen LogP contribution in [0.1, 0.15) is 31.7 Å². The van der Waals surface area contributed by atoms with Crippen LogP contribution in [0.4, 0.5) is 0 Å². The maximum atomic E-state index is 12.6. The molecule has 3 rings (SSSR count). The van der Waals surface area contributed by atoms with Crippen LogP contribution in [0.3, 0.4) is 0 Å². The summed E-state index contributed by atoms with van der Waals surface area (Å²) in [5.41, 5.74) is 0.460. The summed E-state index contributed by atoms with van der Waals surface area (Å²) in [6, 6.07) is 5.15. The molecule has 0 unspecified atom stereocenters. The third-order valence-corrected chi connectivity index (χ3v) is 4.05. The minimum Gasteiger partial charge on any atom is -0.494 e. The lowest BCUT2D eigenvalue weighted by Gasteiger charge is -2.29. The standard InChI is InChI=1S/C15H18N2O3/c1-20-13-8-4-5-10-14(13)16-9-17(15(10)19)11-6-2-3-7-12(11)18/h4-5,8-9,11-12,18H,2-3,6-7H2,1H3/t11-,12-/m0/s1. The number of methoxy groups -OCH3 is 1. The number of aliphatic hydroxyl groups is 1. The summed E-state index contributed by atoms with van der Waals surface area (Å²) in [6.07, 6.45) is 4.68. The molecule has 1 aliphatic rings. The summed E-state index contributed by atoms with van der Waals surface area (Å²) < 4.78 is 6.80. The Labute approximate surface area is 116 Å². The molecule has 0 radical (unpaired) electrons. The number of para-hydroxylation sites is 1. The van der Waals surface area contributed by atoms with Crippen molar-refractivity contribution in [1.29, 1.82) is 0 Å². The van der Waals surface area contributed by atoms with E-state index in [-0.39, 0.29) is 11.6 Å². The van der Waals surface area contributed by atoms with Crippen molar-refractivity contribution in [3.05, 3.63) is 34.9 Å². The maximum Gasteiger partial charge on any atom is 0.261 e. The Bertz CT molecular complexity index is 680. The Morgan fingerprint density at radius 1 is 1.35 bits per heavy atom. The van der Waals surface area contributed by atoms with E-state index in [0.29, 0.717) is 16.7 Å². The molecule has 1 aromatic heterocycles. The zero-order chi connectivity index (χ0) is 14.1. The monoisotopic (exact) mass is 274 g/mol. The van der Waals surface area contributed by atoms with Crippen molar-refractivity contribution in [2.24, 2.45) is 0 Å². The van der Waals surface area contributed by atoms with Crippen molar-refractivity contribution in [2.75, 3.05) is 7.11 Å². The molecule has 1 aliphatic carbocycles. The quantitative estimate of drug-likeness (QED) is 0.908. The van der Waals surface area contributed by atoms with Crippen molar-refractivity contribution < 1.29 is 9.84 Å². The SMILES string of the molecule is COc1cccc2c(=O)n([C@H]3CCCC[C@@H]3O)cnc12. The summed E-state index contributed by atoms with van der Waals surface area (Å²) in [7, 11) is 1.56. The fourth-order valence-electron chi connectivity index (χ4n) is 2.96. The van der Waals surface area contributed by atoms with Crippen molar-refractivity contribution in [3.63, 3.8) is 0 Å². The zero-order valence-electron chi connectivity index (χ0n) is 11.5. The number of rotatable bonds is 2. The van der Waals surface area contributed by atoms with Gasteiger partial charge in [-0.2, -0.15) is 0 Å². The van der Waals surface area contributed by atoms with Gasteiger partial charge < -0.3 is 9.84 Å². The highest BCUT2D eigenvalue weighted by Gasteiger charge is 2.26. The molecule has 1 fully saturated rings. The van der Waals surface area contributed by atoms with Crippen molar-refractivity contribution in [1.82, 2.24) is 9.55 Å². The van der Waals surface area contributed by atoms with Crippen LogP contribution in [-0.4, -0.2) is 27.9 Å². The average Bonchev–Trinajstić information content (AvgIpc) is 2.48. The van der Waals surface area contributed by atoms with Crippen molar-refractivity contribution in [3.8, 4) is 5.75 Å². The predicted molar refractivity (Wildman–Crippen MR) is 76.1 cm³/mol. The van der Waals surface area contributed by atoms with E-state index in [1.165, 1.54) is 6.33 Å². The Balaban J connectivity index is 2.14. The van der Waals surface area contributed by atoms with Gasteiger partial charge in [0, 0.05) is 0 Å². The summed E-state index contributed by atoms with van der Waals surface area (Å²) >= 11 is 0. The fraction of sp³-hybridized carbons (Fsp3) is 0.467. The van der Waals surface area contributed by atoms with Gasteiger partial charge in [-0.1, -0.05) is 18.9 Å². The normalized spacial score (nSPS) is 22.9. The molecule has 0 amide bonds. The molecule has 5 nitrogen and oxygen atoms in total. The summed E-state index contributed by atoms with van der Waals surface area (Å²) in [5, 5.41) is 10.6. The Hall–Kier alpha value is -1.88. The molecule has 1 saturated carbocycles. The first-order valence-electron chi connectivity index (χ1n) is 6.94. The first-order chi connectivity index (χ1) is 9.72. The van der Waals surface area contributed by atoms with Crippen LogP contribution in [0.2, 0.25) is 0 Å². The smallest absolute Gasteiger partial charge is 0.261 e. The molecule has 0 spiro atoms. The molecule has 2 atom stereocenters. The van der Waals surface area contributed by atoms with Gasteiger partial charge in [-0.15, -0.1) is 0 Å². The number of aliphatic hydroxyl groups excluding tert-OH is 1. The summed E-state index contributed by atoms with van der Waals surface area (Å²) in [5.74, 6) is 0.593. The van der Waals surface area contributed by atoms with E-state index in [2.05, 4.69) is 4.98 Å². The predicted octanol–water partition coefficient (Wildman–Crippen LogP) is 1.88. The zero-order valence-corrected chi connectivity index (χ0v) is 11.5. The van der Waals surface area contributed by atoms with E-state index in [9.17, 15) is 9.90 Å². The summed E-state index contributed by atoms with van der Waals surface area (Å²) in [4.78, 5) is 16.9. The molecule has 5 heteroatoms. The largest absolute Gasteiger partial charge is 0.494 e. The van der Waals surface area contributed by atoms with E-state index in [1.807, 2.05) is 0 Å². The molecular formula is C15H18N2O3. The van der Waals surface area contributed by atoms with Crippen LogP contribution in [0.5, 0.6) is 5.75 Å². The molecule has 0 bridgehead atoms. The molecule has 20 heavy (non-hydrogen) atoms. The van der Waals surface area contributed by atoms with Crippen LogP contribution >= 0.6 is 0 Å². The van der Waals surface area contributed by atoms with E-state index < -0.39 is 6.10 Å². The second kappa shape index (κ2) is 5.25. The van der Waals surface area contributed by atoms with Gasteiger partial charge in [0.15, 0.2) is 0 Å². The highest BCUT2D eigenvalue weighted by Crippen LogP contribution is 2.28. The fourth-order valence-corrected chi connectivity index (χ4v) is 2.96. The Morgan fingerprint density at radius 2 is 2.15 bits per heavy atom. The van der Waals surface area contributed by atoms with Gasteiger partial charge in [-0.25, -0.2) is 4.98 Å². The van der Waals surface area contributed by atoms with E-state index >= 15 is 0 Å². The summed E-state index contributed by atoms with van der Waals surface area (Å²) in [6.45, 7) is 0. The van der Waals surface area contributed by atoms with Crippen LogP contribution in [0, 0.1) is 0 Å². The number of aromatic nitrogens is 2. The van der Waals surface area contributed by atoms with Gasteiger partial charge in [0.05, 0.1) is 31.0 Å². The topological polar surface area (TPSA) is 64.3 Å². The molecule has 106 valence electrons. The van der Waals surface area contributed by atoms with Crippen molar-refractivity contribution >= 4 is 10.9 Å². The highest BCUT2D eigenvalue weighted by atomic mass is 16.5. The van der Waals surface area contributed by atoms with E-state index in [0.717, 1.165) is 25.7 Å². The average molecular weight is 274 g/mol. The van der Waals surface area contributed by atoms with Gasteiger partial charge in [0.2, 0.25) is 0 Å². The Morgan fingerprint density at radius 3 is 2.90 bits per heavy atom. The van der Waals surface area contributed by atoms with Crippen LogP contribution < -0.4 is 10.3 Å². The van der Waals surface area contributed by atoms with Gasteiger partial charge in [-0.3, -0.25) is 9.36 Å². The molecule has 1 N–H and O–H groups in total. The lowest BCUT2D eigenvalue weighted by molar-refractivity contribution is 0.0735. The molecule has 1 aromatic carbocycles. The first-order valence-corrected chi connectivity index (χ1v) is 6.94. The van der Waals surface area contributed by atoms with Gasteiger partial charge in [-0.05, 0) is 25.0 Å². The van der Waals surface area contributed by atoms with Gasteiger partial charge in [0.25, 0.3) is 5.56 Å². The lowest BCUT2D eigenvalue weighted by Crippen LogP contribution is -2.34. The maximum absolute atomic E-state index is 12.6. The van der Waals surface area contributed by atoms with Gasteiger partial charge in [0.1, 0.15) is 11.3 Å². The number of benzene rings is 1. The third-order valence-electron chi connectivity index (χ3n) is 4.05. The second-order valence-corrected chi connectivity index (χ2v) is 5.23. The van der Waals surface area contributed by atoms with E-state index in [1.54, 1.807) is 29.9 Å². The lowest BCUT2D eigenvalue weighted by atomic mass is 9.92.